The second-order valence-electron chi connectivity index (χ2n) is 3.71. The Morgan fingerprint density at radius 2 is 2.41 bits per heavy atom. The van der Waals surface area contributed by atoms with E-state index in [-0.39, 0.29) is 0 Å². The van der Waals surface area contributed by atoms with E-state index in [0.717, 1.165) is 28.5 Å². The van der Waals surface area contributed by atoms with E-state index in [2.05, 4.69) is 49.5 Å². The van der Waals surface area contributed by atoms with Gasteiger partial charge in [0.2, 0.25) is 5.95 Å². The molecule has 0 aliphatic rings. The largest absolute Gasteiger partial charge is 0.351 e. The number of imidazole rings is 1. The number of aryl methyl sites for hydroxylation is 1. The lowest BCUT2D eigenvalue weighted by Crippen LogP contribution is -2.05. The van der Waals surface area contributed by atoms with Gasteiger partial charge in [-0.1, -0.05) is 6.08 Å². The number of thiophene rings is 1. The van der Waals surface area contributed by atoms with Crippen molar-refractivity contribution in [2.45, 2.75) is 20.0 Å². The molecular weight excluding hydrogens is 298 g/mol. The number of rotatable bonds is 5. The highest BCUT2D eigenvalue weighted by molar-refractivity contribution is 9.11. The normalized spacial score (nSPS) is 10.5. The molecule has 0 saturated carbocycles. The Kier molecular flexibility index (Phi) is 4.02. The van der Waals surface area contributed by atoms with Crippen LogP contribution >= 0.6 is 27.3 Å². The van der Waals surface area contributed by atoms with Crippen LogP contribution in [0.25, 0.3) is 0 Å². The molecular formula is C12H14BrN3S. The average molecular weight is 312 g/mol. The van der Waals surface area contributed by atoms with E-state index >= 15 is 0 Å². The van der Waals surface area contributed by atoms with Crippen molar-refractivity contribution >= 4 is 33.2 Å². The topological polar surface area (TPSA) is 29.9 Å². The predicted molar refractivity (Wildman–Crippen MR) is 76.5 cm³/mol. The molecule has 0 unspecified atom stereocenters. The van der Waals surface area contributed by atoms with Gasteiger partial charge in [-0.25, -0.2) is 4.98 Å². The van der Waals surface area contributed by atoms with Crippen molar-refractivity contribution in [2.24, 2.45) is 0 Å². The van der Waals surface area contributed by atoms with Crippen LogP contribution in [0.5, 0.6) is 0 Å². The van der Waals surface area contributed by atoms with Crippen LogP contribution in [0.4, 0.5) is 5.95 Å². The van der Waals surface area contributed by atoms with E-state index < -0.39 is 0 Å². The highest BCUT2D eigenvalue weighted by Gasteiger charge is 2.04. The predicted octanol–water partition coefficient (Wildman–Crippen LogP) is 3.81. The molecule has 0 radical (unpaired) electrons. The van der Waals surface area contributed by atoms with Crippen molar-refractivity contribution in [1.82, 2.24) is 9.55 Å². The van der Waals surface area contributed by atoms with Crippen molar-refractivity contribution in [3.05, 3.63) is 45.3 Å². The number of halogens is 1. The van der Waals surface area contributed by atoms with Crippen LogP contribution in [0, 0.1) is 6.92 Å². The van der Waals surface area contributed by atoms with Crippen LogP contribution in [0.2, 0.25) is 0 Å². The van der Waals surface area contributed by atoms with Gasteiger partial charge in [0.15, 0.2) is 0 Å². The first-order valence-corrected chi connectivity index (χ1v) is 6.92. The van der Waals surface area contributed by atoms with E-state index in [4.69, 9.17) is 0 Å². The highest BCUT2D eigenvalue weighted by Crippen LogP contribution is 2.22. The molecule has 0 amide bonds. The summed E-state index contributed by atoms with van der Waals surface area (Å²) in [5.74, 6) is 0.895. The Morgan fingerprint density at radius 3 is 3.06 bits per heavy atom. The van der Waals surface area contributed by atoms with Crippen molar-refractivity contribution in [3.63, 3.8) is 0 Å². The molecule has 0 bridgehead atoms. The first-order valence-electron chi connectivity index (χ1n) is 5.32. The van der Waals surface area contributed by atoms with E-state index in [0.29, 0.717) is 0 Å². The Labute approximate surface area is 113 Å². The lowest BCUT2D eigenvalue weighted by atomic mass is 10.5. The molecule has 0 aliphatic carbocycles. The van der Waals surface area contributed by atoms with Gasteiger partial charge in [0.05, 0.1) is 16.0 Å². The second-order valence-corrected chi connectivity index (χ2v) is 6.25. The summed E-state index contributed by atoms with van der Waals surface area (Å²) in [6.45, 7) is 7.31. The minimum Gasteiger partial charge on any atom is -0.351 e. The van der Waals surface area contributed by atoms with Crippen LogP contribution in [0.1, 0.15) is 10.6 Å². The molecule has 5 heteroatoms. The molecule has 0 atom stereocenters. The molecule has 2 rings (SSSR count). The maximum Gasteiger partial charge on any atom is 0.203 e. The monoisotopic (exact) mass is 311 g/mol. The zero-order chi connectivity index (χ0) is 12.3. The Bertz CT molecular complexity index is 516. The molecule has 17 heavy (non-hydrogen) atoms. The summed E-state index contributed by atoms with van der Waals surface area (Å²) in [5, 5.41) is 3.34. The van der Waals surface area contributed by atoms with Crippen LogP contribution in [0.15, 0.2) is 34.8 Å². The van der Waals surface area contributed by atoms with E-state index in [1.807, 2.05) is 19.2 Å². The summed E-state index contributed by atoms with van der Waals surface area (Å²) in [5.41, 5.74) is 1.02. The zero-order valence-corrected chi connectivity index (χ0v) is 12.0. The highest BCUT2D eigenvalue weighted by atomic mass is 79.9. The molecule has 0 spiro atoms. The zero-order valence-electron chi connectivity index (χ0n) is 9.61. The molecule has 2 heterocycles. The first-order chi connectivity index (χ1) is 8.19. The smallest absolute Gasteiger partial charge is 0.203 e. The molecule has 0 aromatic carbocycles. The van der Waals surface area contributed by atoms with Gasteiger partial charge in [-0.05, 0) is 35.0 Å². The van der Waals surface area contributed by atoms with Crippen LogP contribution < -0.4 is 5.32 Å². The maximum atomic E-state index is 4.45. The van der Waals surface area contributed by atoms with Crippen LogP contribution in [-0.4, -0.2) is 9.55 Å². The molecule has 0 aliphatic heterocycles. The minimum absolute atomic E-state index is 0.775. The van der Waals surface area contributed by atoms with Gasteiger partial charge in [-0.2, -0.15) is 0 Å². The fraction of sp³-hybridized carbons (Fsp3) is 0.250. The van der Waals surface area contributed by atoms with Crippen LogP contribution in [-0.2, 0) is 13.1 Å². The quantitative estimate of drug-likeness (QED) is 0.851. The lowest BCUT2D eigenvalue weighted by Gasteiger charge is -2.06. The molecule has 90 valence electrons. The summed E-state index contributed by atoms with van der Waals surface area (Å²) in [6, 6.07) is 4.17. The Hall–Kier alpha value is -1.07. The second kappa shape index (κ2) is 5.51. The summed E-state index contributed by atoms with van der Waals surface area (Å²) in [7, 11) is 0. The summed E-state index contributed by atoms with van der Waals surface area (Å²) in [6.07, 6.45) is 3.89. The first kappa shape index (κ1) is 12.4. The van der Waals surface area contributed by atoms with E-state index in [9.17, 15) is 0 Å². The Morgan fingerprint density at radius 1 is 1.59 bits per heavy atom. The summed E-state index contributed by atoms with van der Waals surface area (Å²) >= 11 is 5.19. The van der Waals surface area contributed by atoms with E-state index in [1.54, 1.807) is 11.3 Å². The standard InChI is InChI=1S/C12H14BrN3S/c1-3-6-16-8-9(2)15-12(16)14-7-10-4-5-11(13)17-10/h3-5,8H,1,6-7H2,2H3,(H,14,15). The average Bonchev–Trinajstić information content (AvgIpc) is 2.83. The number of anilines is 1. The minimum atomic E-state index is 0.775. The third-order valence-electron chi connectivity index (χ3n) is 2.27. The van der Waals surface area contributed by atoms with E-state index in [1.165, 1.54) is 4.88 Å². The van der Waals surface area contributed by atoms with Gasteiger partial charge in [0.25, 0.3) is 0 Å². The molecule has 3 nitrogen and oxygen atoms in total. The molecule has 0 fully saturated rings. The molecule has 1 N–H and O–H groups in total. The SMILES string of the molecule is C=CCn1cc(C)nc1NCc1ccc(Br)s1. The summed E-state index contributed by atoms with van der Waals surface area (Å²) in [4.78, 5) is 5.73. The molecule has 2 aromatic heterocycles. The number of hydrogen-bond acceptors (Lipinski definition) is 3. The lowest BCUT2D eigenvalue weighted by molar-refractivity contribution is 0.820. The number of allylic oxidation sites excluding steroid dienone is 1. The van der Waals surface area contributed by atoms with Crippen molar-refractivity contribution in [3.8, 4) is 0 Å². The van der Waals surface area contributed by atoms with Gasteiger partial charge < -0.3 is 9.88 Å². The van der Waals surface area contributed by atoms with Gasteiger partial charge in [0, 0.05) is 17.6 Å². The Balaban J connectivity index is 2.05. The maximum absolute atomic E-state index is 4.45. The fourth-order valence-corrected chi connectivity index (χ4v) is 3.00. The van der Waals surface area contributed by atoms with Crippen molar-refractivity contribution < 1.29 is 0 Å². The third-order valence-corrected chi connectivity index (χ3v) is 3.90. The molecule has 2 aromatic rings. The van der Waals surface area contributed by atoms with Gasteiger partial charge in [-0.3, -0.25) is 0 Å². The van der Waals surface area contributed by atoms with Crippen molar-refractivity contribution in [2.75, 3.05) is 5.32 Å². The summed E-state index contributed by atoms with van der Waals surface area (Å²) < 4.78 is 3.21. The number of hydrogen-bond donors (Lipinski definition) is 1. The number of nitrogens with zero attached hydrogens (tertiary/aromatic N) is 2. The molecule has 0 saturated heterocycles. The van der Waals surface area contributed by atoms with Gasteiger partial charge in [0.1, 0.15) is 0 Å². The fourth-order valence-electron chi connectivity index (χ4n) is 1.58. The van der Waals surface area contributed by atoms with Crippen LogP contribution in [0.3, 0.4) is 0 Å². The third kappa shape index (κ3) is 3.20. The number of aromatic nitrogens is 2. The van der Waals surface area contributed by atoms with Crippen molar-refractivity contribution in [1.29, 1.82) is 0 Å². The number of nitrogens with one attached hydrogen (secondary N) is 1. The van der Waals surface area contributed by atoms with Gasteiger partial charge in [-0.15, -0.1) is 17.9 Å². The van der Waals surface area contributed by atoms with Gasteiger partial charge >= 0.3 is 0 Å².